The molecule has 2 aliphatic rings. The van der Waals surface area contributed by atoms with Crippen LogP contribution in [0, 0.1) is 0 Å². The Morgan fingerprint density at radius 2 is 2.11 bits per heavy atom. The minimum absolute atomic E-state index is 0.316. The van der Waals surface area contributed by atoms with E-state index in [1.807, 2.05) is 0 Å². The Morgan fingerprint density at radius 3 is 2.56 bits per heavy atom. The highest BCUT2D eigenvalue weighted by Crippen LogP contribution is 2.45. The van der Waals surface area contributed by atoms with E-state index in [9.17, 15) is 0 Å². The highest BCUT2D eigenvalue weighted by molar-refractivity contribution is 4.98. The van der Waals surface area contributed by atoms with E-state index in [0.29, 0.717) is 11.6 Å². The van der Waals surface area contributed by atoms with Crippen LogP contribution in [0.5, 0.6) is 0 Å². The van der Waals surface area contributed by atoms with Crippen LogP contribution in [0.15, 0.2) is 0 Å². The summed E-state index contributed by atoms with van der Waals surface area (Å²) < 4.78 is 5.56. The standard InChI is InChI=1S/C7H13NO/c8-6-1-2-7(3-4-7)9-5-6/h6H,1-5,8H2/t6-/m1/s1. The van der Waals surface area contributed by atoms with Gasteiger partial charge in [0, 0.05) is 6.04 Å². The molecule has 0 aromatic rings. The zero-order valence-corrected chi connectivity index (χ0v) is 5.60. The third-order valence-corrected chi connectivity index (χ3v) is 2.38. The molecule has 2 nitrogen and oxygen atoms in total. The molecule has 2 N–H and O–H groups in total. The number of nitrogens with two attached hydrogens (primary N) is 1. The summed E-state index contributed by atoms with van der Waals surface area (Å²) in [6, 6.07) is 0.316. The maximum Gasteiger partial charge on any atom is 0.0686 e. The fourth-order valence-electron chi connectivity index (χ4n) is 1.42. The molecule has 1 spiro atoms. The summed E-state index contributed by atoms with van der Waals surface area (Å²) in [5, 5.41) is 0. The topological polar surface area (TPSA) is 35.2 Å². The molecule has 1 saturated heterocycles. The van der Waals surface area contributed by atoms with Gasteiger partial charge < -0.3 is 10.5 Å². The molecular weight excluding hydrogens is 114 g/mol. The second-order valence-corrected chi connectivity index (χ2v) is 3.29. The van der Waals surface area contributed by atoms with Gasteiger partial charge in [-0.05, 0) is 25.7 Å². The van der Waals surface area contributed by atoms with Crippen molar-refractivity contribution >= 4 is 0 Å². The van der Waals surface area contributed by atoms with Crippen LogP contribution in [-0.2, 0) is 4.74 Å². The number of ether oxygens (including phenoxy) is 1. The van der Waals surface area contributed by atoms with Crippen molar-refractivity contribution in [3.8, 4) is 0 Å². The summed E-state index contributed by atoms with van der Waals surface area (Å²) in [5.74, 6) is 0. The first-order valence-corrected chi connectivity index (χ1v) is 3.70. The van der Waals surface area contributed by atoms with E-state index < -0.39 is 0 Å². The molecular formula is C7H13NO. The first-order chi connectivity index (χ1) is 4.31. The minimum Gasteiger partial charge on any atom is -0.373 e. The van der Waals surface area contributed by atoms with E-state index in [4.69, 9.17) is 10.5 Å². The van der Waals surface area contributed by atoms with Crippen molar-refractivity contribution in [1.82, 2.24) is 0 Å². The van der Waals surface area contributed by atoms with E-state index in [-0.39, 0.29) is 0 Å². The predicted molar refractivity (Wildman–Crippen MR) is 35.1 cm³/mol. The molecule has 0 aromatic carbocycles. The molecule has 0 bridgehead atoms. The summed E-state index contributed by atoms with van der Waals surface area (Å²) in [7, 11) is 0. The second-order valence-electron chi connectivity index (χ2n) is 3.29. The van der Waals surface area contributed by atoms with Crippen LogP contribution in [-0.4, -0.2) is 18.2 Å². The molecule has 0 aromatic heterocycles. The zero-order chi connectivity index (χ0) is 6.32. The Labute approximate surface area is 55.4 Å². The van der Waals surface area contributed by atoms with Crippen molar-refractivity contribution in [2.45, 2.75) is 37.3 Å². The number of rotatable bonds is 0. The van der Waals surface area contributed by atoms with Gasteiger partial charge in [-0.1, -0.05) is 0 Å². The molecule has 1 atom stereocenters. The second kappa shape index (κ2) is 1.70. The Balaban J connectivity index is 1.91. The Morgan fingerprint density at radius 1 is 1.33 bits per heavy atom. The van der Waals surface area contributed by atoms with Gasteiger partial charge in [0.15, 0.2) is 0 Å². The molecule has 2 heteroatoms. The fraction of sp³-hybridized carbons (Fsp3) is 1.00. The van der Waals surface area contributed by atoms with Gasteiger partial charge in [0.1, 0.15) is 0 Å². The molecule has 0 radical (unpaired) electrons. The van der Waals surface area contributed by atoms with Crippen molar-refractivity contribution in [3.63, 3.8) is 0 Å². The summed E-state index contributed by atoms with van der Waals surface area (Å²) in [6.07, 6.45) is 4.92. The van der Waals surface area contributed by atoms with Crippen LogP contribution in [0.4, 0.5) is 0 Å². The molecule has 2 rings (SSSR count). The van der Waals surface area contributed by atoms with Crippen molar-refractivity contribution in [3.05, 3.63) is 0 Å². The Kier molecular flexibility index (Phi) is 1.08. The fourth-order valence-corrected chi connectivity index (χ4v) is 1.42. The van der Waals surface area contributed by atoms with E-state index in [1.54, 1.807) is 0 Å². The lowest BCUT2D eigenvalue weighted by Gasteiger charge is -2.26. The smallest absolute Gasteiger partial charge is 0.0686 e. The van der Waals surface area contributed by atoms with Gasteiger partial charge in [-0.15, -0.1) is 0 Å². The SMILES string of the molecule is N[C@@H]1CCC2(CC2)OC1. The zero-order valence-electron chi connectivity index (χ0n) is 5.60. The number of hydrogen-bond acceptors (Lipinski definition) is 2. The predicted octanol–water partition coefficient (Wildman–Crippen LogP) is 0.657. The van der Waals surface area contributed by atoms with Crippen molar-refractivity contribution in [2.24, 2.45) is 5.73 Å². The van der Waals surface area contributed by atoms with Crippen LogP contribution in [0.3, 0.4) is 0 Å². The molecule has 1 saturated carbocycles. The lowest BCUT2D eigenvalue weighted by atomic mass is 10.0. The molecule has 2 fully saturated rings. The first-order valence-electron chi connectivity index (χ1n) is 3.70. The van der Waals surface area contributed by atoms with Crippen LogP contribution in [0.1, 0.15) is 25.7 Å². The minimum atomic E-state index is 0.316. The van der Waals surface area contributed by atoms with Gasteiger partial charge in [-0.25, -0.2) is 0 Å². The summed E-state index contributed by atoms with van der Waals surface area (Å²) in [6.45, 7) is 0.792. The third kappa shape index (κ3) is 0.970. The molecule has 52 valence electrons. The first kappa shape index (κ1) is 5.69. The molecule has 1 heterocycles. The van der Waals surface area contributed by atoms with Crippen molar-refractivity contribution in [1.29, 1.82) is 0 Å². The van der Waals surface area contributed by atoms with Gasteiger partial charge in [-0.3, -0.25) is 0 Å². The molecule has 1 aliphatic heterocycles. The third-order valence-electron chi connectivity index (χ3n) is 2.38. The van der Waals surface area contributed by atoms with Crippen LogP contribution >= 0.6 is 0 Å². The maximum absolute atomic E-state index is 5.66. The van der Waals surface area contributed by atoms with Gasteiger partial charge in [0.2, 0.25) is 0 Å². The van der Waals surface area contributed by atoms with Crippen LogP contribution in [0.2, 0.25) is 0 Å². The maximum atomic E-state index is 5.66. The molecule has 0 amide bonds. The highest BCUT2D eigenvalue weighted by Gasteiger charge is 2.45. The number of hydrogen-bond donors (Lipinski definition) is 1. The lowest BCUT2D eigenvalue weighted by molar-refractivity contribution is -0.0140. The van der Waals surface area contributed by atoms with Crippen LogP contribution < -0.4 is 5.73 Å². The van der Waals surface area contributed by atoms with E-state index >= 15 is 0 Å². The largest absolute Gasteiger partial charge is 0.373 e. The summed E-state index contributed by atoms with van der Waals surface area (Å²) >= 11 is 0. The normalized spacial score (nSPS) is 39.0. The van der Waals surface area contributed by atoms with E-state index in [0.717, 1.165) is 6.61 Å². The Bertz CT molecular complexity index is 110. The average Bonchev–Trinajstić information content (AvgIpc) is 2.60. The molecule has 1 aliphatic carbocycles. The van der Waals surface area contributed by atoms with E-state index in [2.05, 4.69) is 0 Å². The summed E-state index contributed by atoms with van der Waals surface area (Å²) in [5.41, 5.74) is 5.99. The van der Waals surface area contributed by atoms with Gasteiger partial charge in [0.25, 0.3) is 0 Å². The summed E-state index contributed by atoms with van der Waals surface area (Å²) in [4.78, 5) is 0. The monoisotopic (exact) mass is 127 g/mol. The van der Waals surface area contributed by atoms with Crippen LogP contribution in [0.25, 0.3) is 0 Å². The van der Waals surface area contributed by atoms with Crippen molar-refractivity contribution < 1.29 is 4.74 Å². The average molecular weight is 127 g/mol. The van der Waals surface area contributed by atoms with Gasteiger partial charge in [-0.2, -0.15) is 0 Å². The highest BCUT2D eigenvalue weighted by atomic mass is 16.5. The van der Waals surface area contributed by atoms with E-state index in [1.165, 1.54) is 25.7 Å². The lowest BCUT2D eigenvalue weighted by Crippen LogP contribution is -2.36. The molecule has 0 unspecified atom stereocenters. The molecule has 9 heavy (non-hydrogen) atoms. The van der Waals surface area contributed by atoms with Gasteiger partial charge in [0.05, 0.1) is 12.2 Å². The van der Waals surface area contributed by atoms with Gasteiger partial charge >= 0.3 is 0 Å². The quantitative estimate of drug-likeness (QED) is 0.518. The Hall–Kier alpha value is -0.0800. The van der Waals surface area contributed by atoms with Crippen molar-refractivity contribution in [2.75, 3.05) is 6.61 Å².